The Kier molecular flexibility index (Phi) is 6.29. The molecule has 0 amide bonds. The molecule has 2 heterocycles. The molecular weight excluding hydrogens is 553 g/mol. The Bertz CT molecular complexity index is 1150. The van der Waals surface area contributed by atoms with E-state index in [4.69, 9.17) is 0 Å². The lowest BCUT2D eigenvalue weighted by Gasteiger charge is -2.18. The van der Waals surface area contributed by atoms with Gasteiger partial charge in [-0.2, -0.15) is 13.2 Å². The van der Waals surface area contributed by atoms with Gasteiger partial charge >= 0.3 is 6.18 Å². The van der Waals surface area contributed by atoms with Crippen molar-refractivity contribution in [3.05, 3.63) is 79.8 Å². The molecule has 0 unspecified atom stereocenters. The molecular formula is C18H11Br2F3N4O2S. The predicted octanol–water partition coefficient (Wildman–Crippen LogP) is 6.47. The quantitative estimate of drug-likeness (QED) is 0.292. The lowest BCUT2D eigenvalue weighted by atomic mass is 10.1. The third kappa shape index (κ3) is 4.25. The van der Waals surface area contributed by atoms with Crippen LogP contribution in [-0.2, 0) is 6.18 Å². The number of imidazole rings is 1. The fraction of sp³-hybridized carbons (Fsp3) is 0.0556. The van der Waals surface area contributed by atoms with E-state index in [1.165, 1.54) is 30.0 Å². The van der Waals surface area contributed by atoms with Crippen LogP contribution in [-0.4, -0.2) is 14.6 Å². The molecule has 1 aliphatic rings. The number of halogens is 5. The van der Waals surface area contributed by atoms with Crippen LogP contribution in [0.5, 0.6) is 0 Å². The minimum Gasteiger partial charge on any atom is -0.290 e. The van der Waals surface area contributed by atoms with E-state index in [-0.39, 0.29) is 22.7 Å². The molecule has 1 aromatic heterocycles. The van der Waals surface area contributed by atoms with E-state index in [1.54, 1.807) is 28.3 Å². The van der Waals surface area contributed by atoms with Crippen LogP contribution in [0.15, 0.2) is 63.7 Å². The van der Waals surface area contributed by atoms with E-state index in [2.05, 4.69) is 26.3 Å². The number of nitrogens with zero attached hydrogens (tertiary/aromatic N) is 3. The number of nitro benzene ring substituents is 1. The van der Waals surface area contributed by atoms with Gasteiger partial charge in [0.2, 0.25) is 0 Å². The van der Waals surface area contributed by atoms with Crippen molar-refractivity contribution in [2.45, 2.75) is 11.3 Å². The van der Waals surface area contributed by atoms with Crippen LogP contribution in [0.3, 0.4) is 0 Å². The summed E-state index contributed by atoms with van der Waals surface area (Å²) in [6, 6.07) is 11.0. The summed E-state index contributed by atoms with van der Waals surface area (Å²) in [5, 5.41) is 13.1. The molecule has 30 heavy (non-hydrogen) atoms. The molecule has 0 saturated heterocycles. The molecule has 0 fully saturated rings. The fourth-order valence-corrected chi connectivity index (χ4v) is 4.23. The average Bonchev–Trinajstić information content (AvgIpc) is 3.03. The molecule has 1 N–H and O–H groups in total. The lowest BCUT2D eigenvalue weighted by molar-refractivity contribution is -0.384. The number of nitrogens with one attached hydrogen (secondary N) is 1. The number of non-ortho nitro benzene ring substituents is 1. The number of aromatic nitrogens is 2. The zero-order chi connectivity index (χ0) is 20.8. The standard InChI is InChI=1S/C18H10BrF3N4O2S.BrH/c19-16-15(11-2-1-3-12(8-11)18(20,21)22)23-17-25(16)24-14(9-29-17)10-4-6-13(7-5-10)26(27)28;/h1-9,24H;1H. The minimum atomic E-state index is -4.44. The highest BCUT2D eigenvalue weighted by Gasteiger charge is 2.31. The first-order valence-electron chi connectivity index (χ1n) is 8.08. The van der Waals surface area contributed by atoms with Gasteiger partial charge in [-0.25, -0.2) is 9.66 Å². The zero-order valence-corrected chi connectivity index (χ0v) is 18.8. The second-order valence-electron chi connectivity index (χ2n) is 6.01. The smallest absolute Gasteiger partial charge is 0.290 e. The first kappa shape index (κ1) is 22.4. The second kappa shape index (κ2) is 8.44. The van der Waals surface area contributed by atoms with Crippen LogP contribution in [0.4, 0.5) is 18.9 Å². The first-order chi connectivity index (χ1) is 13.7. The number of nitro groups is 1. The van der Waals surface area contributed by atoms with Gasteiger partial charge in [-0.15, -0.1) is 17.0 Å². The van der Waals surface area contributed by atoms with Gasteiger partial charge in [-0.3, -0.25) is 15.5 Å². The third-order valence-electron chi connectivity index (χ3n) is 4.16. The van der Waals surface area contributed by atoms with Gasteiger partial charge in [0.05, 0.1) is 16.2 Å². The Labute approximate surface area is 191 Å². The fourth-order valence-electron chi connectivity index (χ4n) is 2.74. The van der Waals surface area contributed by atoms with E-state index >= 15 is 0 Å². The maximum Gasteiger partial charge on any atom is 0.416 e. The van der Waals surface area contributed by atoms with Gasteiger partial charge in [0, 0.05) is 28.7 Å². The monoisotopic (exact) mass is 562 g/mol. The summed E-state index contributed by atoms with van der Waals surface area (Å²) in [5.74, 6) is 0. The van der Waals surface area contributed by atoms with Gasteiger partial charge in [0.15, 0.2) is 5.16 Å². The maximum absolute atomic E-state index is 13.0. The molecule has 3 aromatic rings. The van der Waals surface area contributed by atoms with Crippen molar-refractivity contribution in [1.29, 1.82) is 0 Å². The van der Waals surface area contributed by atoms with Crippen molar-refractivity contribution in [3.63, 3.8) is 0 Å². The van der Waals surface area contributed by atoms with E-state index in [9.17, 15) is 23.3 Å². The molecule has 0 saturated carbocycles. The molecule has 2 aromatic carbocycles. The summed E-state index contributed by atoms with van der Waals surface area (Å²) in [6.07, 6.45) is -4.44. The van der Waals surface area contributed by atoms with Gasteiger partial charge < -0.3 is 0 Å². The molecule has 4 rings (SSSR count). The van der Waals surface area contributed by atoms with Gasteiger partial charge in [0.1, 0.15) is 10.3 Å². The lowest BCUT2D eigenvalue weighted by Crippen LogP contribution is -2.17. The van der Waals surface area contributed by atoms with E-state index in [0.717, 1.165) is 17.7 Å². The Morgan fingerprint density at radius 3 is 2.47 bits per heavy atom. The Hall–Kier alpha value is -2.31. The Morgan fingerprint density at radius 1 is 1.13 bits per heavy atom. The maximum atomic E-state index is 13.0. The summed E-state index contributed by atoms with van der Waals surface area (Å²) in [7, 11) is 0. The number of benzene rings is 2. The molecule has 0 aliphatic carbocycles. The van der Waals surface area contributed by atoms with Crippen molar-refractivity contribution in [2.75, 3.05) is 5.43 Å². The van der Waals surface area contributed by atoms with E-state index in [0.29, 0.717) is 26.7 Å². The second-order valence-corrected chi connectivity index (χ2v) is 7.60. The van der Waals surface area contributed by atoms with Gasteiger partial charge in [0.25, 0.3) is 5.69 Å². The zero-order valence-electron chi connectivity index (χ0n) is 14.7. The topological polar surface area (TPSA) is 73.0 Å². The number of rotatable bonds is 3. The number of alkyl halides is 3. The van der Waals surface area contributed by atoms with Crippen LogP contribution in [0, 0.1) is 10.1 Å². The van der Waals surface area contributed by atoms with Crippen LogP contribution < -0.4 is 5.43 Å². The first-order valence-corrected chi connectivity index (χ1v) is 9.76. The van der Waals surface area contributed by atoms with Crippen LogP contribution >= 0.6 is 44.7 Å². The Balaban J connectivity index is 0.00000256. The summed E-state index contributed by atoms with van der Waals surface area (Å²) in [4.78, 5) is 14.7. The van der Waals surface area contributed by atoms with E-state index in [1.807, 2.05) is 0 Å². The highest BCUT2D eigenvalue weighted by molar-refractivity contribution is 9.10. The predicted molar refractivity (Wildman–Crippen MR) is 117 cm³/mol. The van der Waals surface area contributed by atoms with Crippen LogP contribution in [0.25, 0.3) is 17.0 Å². The summed E-state index contributed by atoms with van der Waals surface area (Å²) in [6.45, 7) is 0. The number of hydrogen-bond acceptors (Lipinski definition) is 5. The highest BCUT2D eigenvalue weighted by atomic mass is 79.9. The molecule has 0 bridgehead atoms. The van der Waals surface area contributed by atoms with Gasteiger partial charge in [-0.1, -0.05) is 23.9 Å². The summed E-state index contributed by atoms with van der Waals surface area (Å²) in [5.41, 5.74) is 4.43. The van der Waals surface area contributed by atoms with Crippen molar-refractivity contribution >= 4 is 56.1 Å². The molecule has 6 nitrogen and oxygen atoms in total. The number of hydrogen-bond donors (Lipinski definition) is 1. The van der Waals surface area contributed by atoms with Crippen LogP contribution in [0.2, 0.25) is 0 Å². The third-order valence-corrected chi connectivity index (χ3v) is 5.73. The normalized spacial score (nSPS) is 13.0. The van der Waals surface area contributed by atoms with E-state index < -0.39 is 16.7 Å². The molecule has 1 aliphatic heterocycles. The van der Waals surface area contributed by atoms with Crippen molar-refractivity contribution in [2.24, 2.45) is 0 Å². The summed E-state index contributed by atoms with van der Waals surface area (Å²) < 4.78 is 41.1. The molecule has 0 spiro atoms. The van der Waals surface area contributed by atoms with Crippen molar-refractivity contribution < 1.29 is 18.1 Å². The number of fused-ring (bicyclic) bond motifs is 1. The summed E-state index contributed by atoms with van der Waals surface area (Å²) >= 11 is 4.69. The SMILES string of the molecule is Br.O=[N+]([O-])c1ccc(C2=CSc3nc(-c4cccc(C(F)(F)F)c4)c(Br)n3N2)cc1. The number of thioether (sulfide) groups is 1. The Morgan fingerprint density at radius 2 is 1.83 bits per heavy atom. The highest BCUT2D eigenvalue weighted by Crippen LogP contribution is 2.38. The van der Waals surface area contributed by atoms with Crippen molar-refractivity contribution in [3.8, 4) is 11.3 Å². The molecule has 0 radical (unpaired) electrons. The minimum absolute atomic E-state index is 0. The molecule has 0 atom stereocenters. The molecule has 156 valence electrons. The van der Waals surface area contributed by atoms with Gasteiger partial charge in [-0.05, 0) is 40.2 Å². The van der Waals surface area contributed by atoms with Crippen molar-refractivity contribution in [1.82, 2.24) is 9.66 Å². The van der Waals surface area contributed by atoms with Crippen LogP contribution in [0.1, 0.15) is 11.1 Å². The largest absolute Gasteiger partial charge is 0.416 e. The molecule has 12 heteroatoms. The average molecular weight is 564 g/mol.